The van der Waals surface area contributed by atoms with Gasteiger partial charge in [-0.15, -0.1) is 0 Å². The van der Waals surface area contributed by atoms with Gasteiger partial charge >= 0.3 is 0 Å². The zero-order valence-electron chi connectivity index (χ0n) is 9.69. The van der Waals surface area contributed by atoms with Crippen molar-refractivity contribution in [1.82, 2.24) is 9.78 Å². The summed E-state index contributed by atoms with van der Waals surface area (Å²) in [5, 5.41) is 16.0. The third-order valence-corrected chi connectivity index (χ3v) is 2.60. The average molecular weight is 209 g/mol. The molecule has 0 fully saturated rings. The van der Waals surface area contributed by atoms with Gasteiger partial charge in [-0.2, -0.15) is 5.10 Å². The van der Waals surface area contributed by atoms with Crippen molar-refractivity contribution in [2.24, 2.45) is 5.16 Å². The molecule has 1 aromatic heterocycles. The highest BCUT2D eigenvalue weighted by atomic mass is 16.4. The molecule has 0 aromatic carbocycles. The van der Waals surface area contributed by atoms with E-state index in [4.69, 9.17) is 5.21 Å². The van der Waals surface area contributed by atoms with Crippen LogP contribution in [0.5, 0.6) is 0 Å². The number of aromatic nitrogens is 2. The number of unbranched alkanes of at least 4 members (excludes halogenated alkanes) is 2. The Morgan fingerprint density at radius 1 is 1.40 bits per heavy atom. The minimum absolute atomic E-state index is 0.918. The Kier molecular flexibility index (Phi) is 4.34. The summed E-state index contributed by atoms with van der Waals surface area (Å²) < 4.78 is 1.99. The van der Waals surface area contributed by atoms with Gasteiger partial charge in [0.25, 0.3) is 0 Å². The summed E-state index contributed by atoms with van der Waals surface area (Å²) in [6, 6.07) is 0. The molecule has 0 radical (unpaired) electrons. The predicted octanol–water partition coefficient (Wildman–Crippen LogP) is 2.50. The standard InChI is InChI=1S/C11H19N3O/c1-4-5-6-7-14-10(3)11(8-12-15)9(2)13-14/h8,15H,4-7H2,1-3H3/b12-8-. The lowest BCUT2D eigenvalue weighted by atomic mass is 10.2. The quantitative estimate of drug-likeness (QED) is 0.350. The van der Waals surface area contributed by atoms with Crippen LogP contribution in [0.3, 0.4) is 0 Å². The SMILES string of the molecule is CCCCCn1nc(C)c(/C=N\O)c1C. The Bertz CT molecular complexity index is 342. The van der Waals surface area contributed by atoms with Crippen LogP contribution in [-0.2, 0) is 6.54 Å². The molecule has 0 saturated heterocycles. The van der Waals surface area contributed by atoms with Crippen LogP contribution in [0.4, 0.5) is 0 Å². The van der Waals surface area contributed by atoms with Crippen molar-refractivity contribution >= 4 is 6.21 Å². The third kappa shape index (κ3) is 2.81. The number of rotatable bonds is 5. The first kappa shape index (κ1) is 11.8. The highest BCUT2D eigenvalue weighted by molar-refractivity contribution is 5.82. The molecule has 1 aromatic rings. The Morgan fingerprint density at radius 2 is 2.13 bits per heavy atom. The van der Waals surface area contributed by atoms with Crippen LogP contribution in [0, 0.1) is 13.8 Å². The molecule has 0 atom stereocenters. The molecule has 0 unspecified atom stereocenters. The minimum atomic E-state index is 0.918. The third-order valence-electron chi connectivity index (χ3n) is 2.60. The van der Waals surface area contributed by atoms with Gasteiger partial charge in [-0.05, 0) is 20.3 Å². The Morgan fingerprint density at radius 3 is 2.73 bits per heavy atom. The maximum Gasteiger partial charge on any atom is 0.0770 e. The molecule has 4 nitrogen and oxygen atoms in total. The summed E-state index contributed by atoms with van der Waals surface area (Å²) in [4.78, 5) is 0. The van der Waals surface area contributed by atoms with E-state index in [1.54, 1.807) is 0 Å². The molecule has 0 saturated carbocycles. The lowest BCUT2D eigenvalue weighted by Crippen LogP contribution is -2.02. The molecule has 84 valence electrons. The average Bonchev–Trinajstić information content (AvgIpc) is 2.47. The minimum Gasteiger partial charge on any atom is -0.411 e. The highest BCUT2D eigenvalue weighted by Gasteiger charge is 2.08. The maximum absolute atomic E-state index is 8.52. The Hall–Kier alpha value is -1.32. The van der Waals surface area contributed by atoms with Gasteiger partial charge in [0, 0.05) is 17.8 Å². The molecular weight excluding hydrogens is 190 g/mol. The van der Waals surface area contributed by atoms with E-state index in [0.29, 0.717) is 0 Å². The summed E-state index contributed by atoms with van der Waals surface area (Å²) in [5.41, 5.74) is 2.91. The molecule has 0 amide bonds. The second-order valence-electron chi connectivity index (χ2n) is 3.76. The summed E-state index contributed by atoms with van der Waals surface area (Å²) in [6.07, 6.45) is 5.04. The molecule has 0 spiro atoms. The number of hydrogen-bond donors (Lipinski definition) is 1. The first-order valence-electron chi connectivity index (χ1n) is 5.42. The van der Waals surface area contributed by atoms with Crippen molar-refractivity contribution in [3.63, 3.8) is 0 Å². The zero-order valence-corrected chi connectivity index (χ0v) is 9.69. The van der Waals surface area contributed by atoms with Crippen LogP contribution in [-0.4, -0.2) is 21.2 Å². The first-order valence-corrected chi connectivity index (χ1v) is 5.42. The van der Waals surface area contributed by atoms with Crippen LogP contribution >= 0.6 is 0 Å². The molecule has 1 rings (SSSR count). The fourth-order valence-corrected chi connectivity index (χ4v) is 1.68. The smallest absolute Gasteiger partial charge is 0.0770 e. The second kappa shape index (κ2) is 5.53. The molecule has 0 aliphatic heterocycles. The van der Waals surface area contributed by atoms with E-state index in [2.05, 4.69) is 17.2 Å². The number of oxime groups is 1. The van der Waals surface area contributed by atoms with Crippen molar-refractivity contribution < 1.29 is 5.21 Å². The van der Waals surface area contributed by atoms with E-state index in [-0.39, 0.29) is 0 Å². The van der Waals surface area contributed by atoms with Crippen LogP contribution in [0.15, 0.2) is 5.16 Å². The van der Waals surface area contributed by atoms with Gasteiger partial charge in [-0.25, -0.2) is 0 Å². The molecule has 1 N–H and O–H groups in total. The molecule has 15 heavy (non-hydrogen) atoms. The van der Waals surface area contributed by atoms with Crippen LogP contribution in [0.1, 0.15) is 43.1 Å². The van der Waals surface area contributed by atoms with E-state index in [9.17, 15) is 0 Å². The van der Waals surface area contributed by atoms with Crippen LogP contribution in [0.2, 0.25) is 0 Å². The van der Waals surface area contributed by atoms with E-state index in [0.717, 1.165) is 29.9 Å². The highest BCUT2D eigenvalue weighted by Crippen LogP contribution is 2.11. The number of aryl methyl sites for hydroxylation is 2. The summed E-state index contributed by atoms with van der Waals surface area (Å²) in [7, 11) is 0. The largest absolute Gasteiger partial charge is 0.411 e. The molecule has 1 heterocycles. The van der Waals surface area contributed by atoms with Gasteiger partial charge in [-0.1, -0.05) is 24.9 Å². The topological polar surface area (TPSA) is 50.4 Å². The van der Waals surface area contributed by atoms with Crippen LogP contribution < -0.4 is 0 Å². The molecule has 0 bridgehead atoms. The van der Waals surface area contributed by atoms with Crippen molar-refractivity contribution in [3.8, 4) is 0 Å². The Balaban J connectivity index is 2.77. The molecule has 4 heteroatoms. The number of nitrogens with zero attached hydrogens (tertiary/aromatic N) is 3. The monoisotopic (exact) mass is 209 g/mol. The van der Waals surface area contributed by atoms with Crippen molar-refractivity contribution in [2.75, 3.05) is 0 Å². The van der Waals surface area contributed by atoms with E-state index in [1.165, 1.54) is 19.1 Å². The molecule has 0 aliphatic rings. The van der Waals surface area contributed by atoms with E-state index in [1.807, 2.05) is 18.5 Å². The van der Waals surface area contributed by atoms with Crippen molar-refractivity contribution in [3.05, 3.63) is 17.0 Å². The maximum atomic E-state index is 8.52. The summed E-state index contributed by atoms with van der Waals surface area (Å²) in [6.45, 7) is 7.06. The van der Waals surface area contributed by atoms with Gasteiger partial charge < -0.3 is 5.21 Å². The van der Waals surface area contributed by atoms with E-state index < -0.39 is 0 Å². The second-order valence-corrected chi connectivity index (χ2v) is 3.76. The van der Waals surface area contributed by atoms with Crippen molar-refractivity contribution in [2.45, 2.75) is 46.6 Å². The van der Waals surface area contributed by atoms with Gasteiger partial charge in [0.15, 0.2) is 0 Å². The zero-order chi connectivity index (χ0) is 11.3. The molecule has 0 aliphatic carbocycles. The predicted molar refractivity (Wildman–Crippen MR) is 60.6 cm³/mol. The van der Waals surface area contributed by atoms with E-state index >= 15 is 0 Å². The lowest BCUT2D eigenvalue weighted by molar-refractivity contribution is 0.322. The van der Waals surface area contributed by atoms with Gasteiger partial charge in [0.2, 0.25) is 0 Å². The van der Waals surface area contributed by atoms with Crippen molar-refractivity contribution in [1.29, 1.82) is 0 Å². The fourth-order valence-electron chi connectivity index (χ4n) is 1.68. The van der Waals surface area contributed by atoms with Gasteiger partial charge in [-0.3, -0.25) is 4.68 Å². The fraction of sp³-hybridized carbons (Fsp3) is 0.636. The normalized spacial score (nSPS) is 11.4. The lowest BCUT2D eigenvalue weighted by Gasteiger charge is -2.03. The Labute approximate surface area is 90.6 Å². The summed E-state index contributed by atoms with van der Waals surface area (Å²) in [5.74, 6) is 0. The number of hydrogen-bond acceptors (Lipinski definition) is 3. The van der Waals surface area contributed by atoms with Gasteiger partial charge in [0.05, 0.1) is 11.9 Å². The molecular formula is C11H19N3O. The summed E-state index contributed by atoms with van der Waals surface area (Å²) >= 11 is 0. The first-order chi connectivity index (χ1) is 7.20. The van der Waals surface area contributed by atoms with Crippen LogP contribution in [0.25, 0.3) is 0 Å². The van der Waals surface area contributed by atoms with Gasteiger partial charge in [0.1, 0.15) is 0 Å².